The van der Waals surface area contributed by atoms with E-state index in [2.05, 4.69) is 13.8 Å². The number of amides is 2. The summed E-state index contributed by atoms with van der Waals surface area (Å²) < 4.78 is 30.0. The molecule has 1 aromatic carbocycles. The van der Waals surface area contributed by atoms with Crippen molar-refractivity contribution in [1.82, 2.24) is 4.90 Å². The number of unbranched alkanes of at least 4 members (excludes halogenated alkanes) is 26. The van der Waals surface area contributed by atoms with E-state index >= 15 is 0 Å². The van der Waals surface area contributed by atoms with Crippen molar-refractivity contribution in [2.75, 3.05) is 36.2 Å². The number of ether oxygens (including phenoxy) is 5. The molecular formula is C56H93NO10S2. The third-order valence-corrected chi connectivity index (χ3v) is 15.8. The van der Waals surface area contributed by atoms with Gasteiger partial charge < -0.3 is 23.7 Å². The zero-order valence-electron chi connectivity index (χ0n) is 43.7. The topological polar surface area (TPSA) is 135 Å². The lowest BCUT2D eigenvalue weighted by molar-refractivity contribution is -0.287. The van der Waals surface area contributed by atoms with Gasteiger partial charge in [-0.2, -0.15) is 23.5 Å². The first-order chi connectivity index (χ1) is 33.6. The van der Waals surface area contributed by atoms with Crippen molar-refractivity contribution in [3.63, 3.8) is 0 Å². The molecule has 394 valence electrons. The Hall–Kier alpha value is -2.61. The highest BCUT2D eigenvalue weighted by molar-refractivity contribution is 8.00. The first kappa shape index (κ1) is 60.7. The molecule has 1 saturated heterocycles. The Labute approximate surface area is 426 Å². The van der Waals surface area contributed by atoms with Crippen molar-refractivity contribution >= 4 is 53.2 Å². The van der Waals surface area contributed by atoms with Crippen LogP contribution in [0.5, 0.6) is 0 Å². The minimum absolute atomic E-state index is 0.106. The summed E-state index contributed by atoms with van der Waals surface area (Å²) in [5.74, 6) is 0.717. The molecule has 0 saturated carbocycles. The van der Waals surface area contributed by atoms with E-state index in [1.54, 1.807) is 24.3 Å². The molecule has 0 radical (unpaired) electrons. The third-order valence-electron chi connectivity index (χ3n) is 13.3. The molecular weight excluding hydrogens is 911 g/mol. The normalized spacial score (nSPS) is 19.0. The summed E-state index contributed by atoms with van der Waals surface area (Å²) in [5, 5.41) is 0. The molecule has 2 aliphatic heterocycles. The van der Waals surface area contributed by atoms with Crippen molar-refractivity contribution in [2.24, 2.45) is 5.92 Å². The fraction of sp³-hybridized carbons (Fsp3) is 0.804. The second kappa shape index (κ2) is 38.1. The fourth-order valence-corrected chi connectivity index (χ4v) is 11.8. The van der Waals surface area contributed by atoms with Crippen LogP contribution in [0.15, 0.2) is 24.3 Å². The minimum Gasteiger partial charge on any atom is -0.463 e. The maximum Gasteiger partial charge on any atom is 0.303 e. The SMILES string of the molecule is CCCCCCCCCCCCCCCCSCC(CO[C@@H]1O[C@H](COC(C)=O)[C@@H](OC(C)=O)[C@H](OC(C)=O)[C@H]1N1C(=O)c2ccccc2C1=O)CSCCCCCCCCCCCCCCCC. The first-order valence-corrected chi connectivity index (χ1v) is 29.8. The van der Waals surface area contributed by atoms with E-state index in [4.69, 9.17) is 23.7 Å². The van der Waals surface area contributed by atoms with Gasteiger partial charge in [0.2, 0.25) is 0 Å². The molecule has 0 unspecified atom stereocenters. The molecule has 11 nitrogen and oxygen atoms in total. The van der Waals surface area contributed by atoms with Gasteiger partial charge in [-0.05, 0) is 48.0 Å². The number of hydrogen-bond acceptors (Lipinski definition) is 12. The Kier molecular flexibility index (Phi) is 33.5. The van der Waals surface area contributed by atoms with Gasteiger partial charge in [0.05, 0.1) is 17.7 Å². The van der Waals surface area contributed by atoms with E-state index < -0.39 is 60.4 Å². The summed E-state index contributed by atoms with van der Waals surface area (Å²) in [6.45, 7) is 8.10. The molecule has 0 spiro atoms. The molecule has 2 heterocycles. The van der Waals surface area contributed by atoms with E-state index in [9.17, 15) is 24.0 Å². The van der Waals surface area contributed by atoms with Gasteiger partial charge in [-0.1, -0.05) is 193 Å². The molecule has 0 bridgehead atoms. The monoisotopic (exact) mass is 1000 g/mol. The number of benzene rings is 1. The summed E-state index contributed by atoms with van der Waals surface area (Å²) >= 11 is 3.86. The van der Waals surface area contributed by atoms with Crippen LogP contribution in [0.2, 0.25) is 0 Å². The summed E-state index contributed by atoms with van der Waals surface area (Å²) in [6, 6.07) is 5.19. The number of nitrogens with zero attached hydrogens (tertiary/aromatic N) is 1. The third kappa shape index (κ3) is 25.1. The van der Waals surface area contributed by atoms with Gasteiger partial charge in [-0.3, -0.25) is 28.9 Å². The number of carbonyl (C=O) groups is 5. The van der Waals surface area contributed by atoms with E-state index in [0.717, 1.165) is 40.8 Å². The number of hydrogen-bond donors (Lipinski definition) is 0. The lowest BCUT2D eigenvalue weighted by atomic mass is 9.94. The summed E-state index contributed by atoms with van der Waals surface area (Å²) in [7, 11) is 0. The Balaban J connectivity index is 1.62. The summed E-state index contributed by atoms with van der Waals surface area (Å²) in [4.78, 5) is 66.5. The number of thioether (sulfide) groups is 2. The molecule has 3 rings (SSSR count). The number of fused-ring (bicyclic) bond motifs is 1. The van der Waals surface area contributed by atoms with Gasteiger partial charge in [0.1, 0.15) is 18.8 Å². The summed E-state index contributed by atoms with van der Waals surface area (Å²) in [6.07, 6.45) is 32.1. The van der Waals surface area contributed by atoms with E-state index in [1.807, 2.05) is 23.5 Å². The van der Waals surface area contributed by atoms with E-state index in [0.29, 0.717) is 0 Å². The van der Waals surface area contributed by atoms with Crippen LogP contribution in [0.3, 0.4) is 0 Å². The first-order valence-electron chi connectivity index (χ1n) is 27.5. The zero-order chi connectivity index (χ0) is 49.9. The minimum atomic E-state index is -1.38. The molecule has 2 amide bonds. The predicted molar refractivity (Wildman–Crippen MR) is 282 cm³/mol. The molecule has 0 aromatic heterocycles. The second-order valence-corrected chi connectivity index (χ2v) is 21.9. The average molecular weight is 1000 g/mol. The van der Waals surface area contributed by atoms with Gasteiger partial charge in [-0.25, -0.2) is 0 Å². The van der Waals surface area contributed by atoms with Crippen LogP contribution < -0.4 is 0 Å². The van der Waals surface area contributed by atoms with Gasteiger partial charge in [-0.15, -0.1) is 0 Å². The van der Waals surface area contributed by atoms with Crippen LogP contribution >= 0.6 is 23.5 Å². The van der Waals surface area contributed by atoms with Gasteiger partial charge in [0.15, 0.2) is 18.5 Å². The molecule has 0 N–H and O–H groups in total. The van der Waals surface area contributed by atoms with Crippen LogP contribution in [-0.2, 0) is 38.1 Å². The van der Waals surface area contributed by atoms with Crippen LogP contribution in [0, 0.1) is 5.92 Å². The fourth-order valence-electron chi connectivity index (χ4n) is 9.45. The van der Waals surface area contributed by atoms with Crippen LogP contribution in [0.4, 0.5) is 0 Å². The number of esters is 3. The number of carbonyl (C=O) groups excluding carboxylic acids is 5. The van der Waals surface area contributed by atoms with Crippen molar-refractivity contribution < 1.29 is 47.7 Å². The highest BCUT2D eigenvalue weighted by Gasteiger charge is 2.57. The predicted octanol–water partition coefficient (Wildman–Crippen LogP) is 13.9. The van der Waals surface area contributed by atoms with Gasteiger partial charge in [0.25, 0.3) is 11.8 Å². The van der Waals surface area contributed by atoms with Crippen LogP contribution in [0.25, 0.3) is 0 Å². The van der Waals surface area contributed by atoms with Crippen molar-refractivity contribution in [3.8, 4) is 0 Å². The molecule has 0 aliphatic carbocycles. The molecule has 13 heteroatoms. The molecule has 1 fully saturated rings. The zero-order valence-corrected chi connectivity index (χ0v) is 45.3. The second-order valence-electron chi connectivity index (χ2n) is 19.6. The van der Waals surface area contributed by atoms with Crippen LogP contribution in [-0.4, -0.2) is 101 Å². The standard InChI is InChI=1S/C56H93NO10S2/c1-6-8-10-12-14-16-18-20-22-24-26-28-30-34-38-68-42-47(43-69-39-35-31-29-27-25-23-21-19-17-15-13-11-9-7-2)40-64-56-51(57-54(61)48-36-32-33-37-49(48)55(57)62)53(66-46(5)60)52(65-45(4)59)50(67-56)41-63-44(3)58/h32-33,36-37,47,50-53,56H,6-31,34-35,38-43H2,1-5H3/t50-,51-,52-,53-,56-/m1/s1. The summed E-state index contributed by atoms with van der Waals surface area (Å²) in [5.41, 5.74) is 0.401. The molecule has 5 atom stereocenters. The lowest BCUT2D eigenvalue weighted by Gasteiger charge is -2.47. The van der Waals surface area contributed by atoms with Gasteiger partial charge >= 0.3 is 17.9 Å². The number of rotatable bonds is 42. The molecule has 69 heavy (non-hydrogen) atoms. The largest absolute Gasteiger partial charge is 0.463 e. The average Bonchev–Trinajstić information content (AvgIpc) is 3.57. The van der Waals surface area contributed by atoms with E-state index in [1.165, 1.54) is 188 Å². The Bertz CT molecular complexity index is 1510. The van der Waals surface area contributed by atoms with Crippen molar-refractivity contribution in [1.29, 1.82) is 0 Å². The highest BCUT2D eigenvalue weighted by atomic mass is 32.2. The lowest BCUT2D eigenvalue weighted by Crippen LogP contribution is -2.67. The quantitative estimate of drug-likeness (QED) is 0.0267. The smallest absolute Gasteiger partial charge is 0.303 e. The number of imide groups is 1. The van der Waals surface area contributed by atoms with Crippen molar-refractivity contribution in [3.05, 3.63) is 35.4 Å². The Morgan fingerprint density at radius 3 is 1.30 bits per heavy atom. The highest BCUT2D eigenvalue weighted by Crippen LogP contribution is 2.36. The molecule has 2 aliphatic rings. The maximum atomic E-state index is 14.1. The van der Waals surface area contributed by atoms with Crippen LogP contribution in [0.1, 0.15) is 235 Å². The Morgan fingerprint density at radius 1 is 0.551 bits per heavy atom. The Morgan fingerprint density at radius 2 is 0.928 bits per heavy atom. The van der Waals surface area contributed by atoms with Crippen molar-refractivity contribution in [2.45, 2.75) is 245 Å². The van der Waals surface area contributed by atoms with E-state index in [-0.39, 0.29) is 30.3 Å². The molecule has 1 aromatic rings. The van der Waals surface area contributed by atoms with Gasteiger partial charge in [0, 0.05) is 26.7 Å². The maximum absolute atomic E-state index is 14.1.